The average Bonchev–Trinajstić information content (AvgIpc) is 3.18. The second-order valence-electron chi connectivity index (χ2n) is 6.47. The van der Waals surface area contributed by atoms with E-state index in [2.05, 4.69) is 5.32 Å². The Labute approximate surface area is 164 Å². The van der Waals surface area contributed by atoms with Crippen molar-refractivity contribution >= 4 is 16.9 Å². The lowest BCUT2D eigenvalue weighted by Gasteiger charge is -2.18. The summed E-state index contributed by atoms with van der Waals surface area (Å²) in [7, 11) is 0. The van der Waals surface area contributed by atoms with E-state index in [4.69, 9.17) is 19.2 Å². The van der Waals surface area contributed by atoms with Crippen LogP contribution in [0.3, 0.4) is 0 Å². The number of phenolic OH excluding ortho intramolecular Hbond substituents is 1. The number of fused-ring (bicyclic) bond motifs is 2. The van der Waals surface area contributed by atoms with Crippen LogP contribution in [0.15, 0.2) is 51.9 Å². The van der Waals surface area contributed by atoms with Crippen LogP contribution in [0.5, 0.6) is 17.2 Å². The Kier molecular flexibility index (Phi) is 4.79. The highest BCUT2D eigenvalue weighted by molar-refractivity contribution is 5.80. The summed E-state index contributed by atoms with van der Waals surface area (Å²) in [4.78, 5) is 25.4. The molecule has 2 N–H and O–H groups in total. The number of rotatable bonds is 5. The molecular weight excluding hydrogens is 376 g/mol. The molecule has 3 aromatic rings. The second-order valence-corrected chi connectivity index (χ2v) is 6.47. The van der Waals surface area contributed by atoms with E-state index in [0.717, 1.165) is 0 Å². The Hall–Kier alpha value is -3.99. The predicted molar refractivity (Wildman–Crippen MR) is 102 cm³/mol. The standard InChI is InChI=1S/C21H16N2O6/c22-5-6-23-20(25)8-13(14-7-18-19(9-16(14)24)29-11-28-18)15-10-27-17-4-2-1-3-12(17)21(15)26/h1-4,7,9-10,13,24H,6,8,11H2,(H,23,25). The molecule has 29 heavy (non-hydrogen) atoms. The number of nitriles is 1. The zero-order valence-corrected chi connectivity index (χ0v) is 15.2. The van der Waals surface area contributed by atoms with Crippen LogP contribution in [0.2, 0.25) is 0 Å². The van der Waals surface area contributed by atoms with E-state index in [9.17, 15) is 14.7 Å². The van der Waals surface area contributed by atoms with Crippen LogP contribution in [0, 0.1) is 11.3 Å². The molecule has 1 aliphatic rings. The third-order valence-corrected chi connectivity index (χ3v) is 4.73. The SMILES string of the molecule is N#CCNC(=O)CC(c1cc2c(cc1O)OCO2)c1coc2ccccc2c1=O. The molecule has 0 fully saturated rings. The first-order valence-electron chi connectivity index (χ1n) is 8.85. The number of aromatic hydroxyl groups is 1. The number of nitrogens with one attached hydrogen (secondary N) is 1. The van der Waals surface area contributed by atoms with Crippen molar-refractivity contribution in [1.82, 2.24) is 5.32 Å². The minimum atomic E-state index is -0.816. The van der Waals surface area contributed by atoms with Crippen molar-refractivity contribution in [3.63, 3.8) is 0 Å². The van der Waals surface area contributed by atoms with E-state index in [1.807, 2.05) is 6.07 Å². The zero-order chi connectivity index (χ0) is 20.4. The van der Waals surface area contributed by atoms with Crippen molar-refractivity contribution < 1.29 is 23.8 Å². The summed E-state index contributed by atoms with van der Waals surface area (Å²) in [5.74, 6) is -0.611. The Balaban J connectivity index is 1.84. The van der Waals surface area contributed by atoms with Crippen molar-refractivity contribution in [3.05, 3.63) is 64.0 Å². The molecule has 1 atom stereocenters. The van der Waals surface area contributed by atoms with Gasteiger partial charge in [-0.25, -0.2) is 0 Å². The van der Waals surface area contributed by atoms with Crippen LogP contribution in [0.25, 0.3) is 11.0 Å². The number of phenols is 1. The summed E-state index contributed by atoms with van der Waals surface area (Å²) in [5, 5.41) is 22.1. The molecule has 8 nitrogen and oxygen atoms in total. The molecule has 1 unspecified atom stereocenters. The fourth-order valence-electron chi connectivity index (χ4n) is 3.34. The van der Waals surface area contributed by atoms with Crippen molar-refractivity contribution in [1.29, 1.82) is 5.26 Å². The highest BCUT2D eigenvalue weighted by Crippen LogP contribution is 2.42. The first-order valence-corrected chi connectivity index (χ1v) is 8.85. The van der Waals surface area contributed by atoms with Crippen LogP contribution >= 0.6 is 0 Å². The van der Waals surface area contributed by atoms with Crippen molar-refractivity contribution in [2.45, 2.75) is 12.3 Å². The molecule has 1 aliphatic heterocycles. The molecule has 1 aromatic heterocycles. The summed E-state index contributed by atoms with van der Waals surface area (Å²) < 4.78 is 16.2. The maximum absolute atomic E-state index is 13.1. The van der Waals surface area contributed by atoms with Crippen LogP contribution < -0.4 is 20.2 Å². The monoisotopic (exact) mass is 392 g/mol. The maximum atomic E-state index is 13.1. The smallest absolute Gasteiger partial charge is 0.231 e. The lowest BCUT2D eigenvalue weighted by molar-refractivity contribution is -0.121. The number of amides is 1. The number of hydrogen-bond donors (Lipinski definition) is 2. The molecule has 2 heterocycles. The third kappa shape index (κ3) is 3.46. The van der Waals surface area contributed by atoms with Gasteiger partial charge < -0.3 is 24.3 Å². The van der Waals surface area contributed by atoms with Gasteiger partial charge in [-0.3, -0.25) is 9.59 Å². The number of hydrogen-bond acceptors (Lipinski definition) is 7. The average molecular weight is 392 g/mol. The molecule has 0 aliphatic carbocycles. The van der Waals surface area contributed by atoms with Gasteiger partial charge in [-0.2, -0.15) is 5.26 Å². The number of ether oxygens (including phenoxy) is 2. The first-order chi connectivity index (χ1) is 14.1. The second kappa shape index (κ2) is 7.56. The van der Waals surface area contributed by atoms with Gasteiger partial charge in [0.1, 0.15) is 17.9 Å². The molecule has 8 heteroatoms. The molecule has 0 radical (unpaired) electrons. The number of carbonyl (C=O) groups is 1. The van der Waals surface area contributed by atoms with Crippen LogP contribution in [-0.2, 0) is 4.79 Å². The van der Waals surface area contributed by atoms with Gasteiger partial charge in [0.15, 0.2) is 16.9 Å². The predicted octanol–water partition coefficient (Wildman–Crippen LogP) is 2.39. The van der Waals surface area contributed by atoms with E-state index < -0.39 is 11.8 Å². The summed E-state index contributed by atoms with van der Waals surface area (Å²) in [6, 6.07) is 11.6. The van der Waals surface area contributed by atoms with E-state index in [1.54, 1.807) is 30.3 Å². The lowest BCUT2D eigenvalue weighted by atomic mass is 9.87. The third-order valence-electron chi connectivity index (χ3n) is 4.73. The summed E-state index contributed by atoms with van der Waals surface area (Å²) in [6.45, 7) is -0.144. The highest BCUT2D eigenvalue weighted by atomic mass is 16.7. The van der Waals surface area contributed by atoms with E-state index in [1.165, 1.54) is 12.3 Å². The van der Waals surface area contributed by atoms with Gasteiger partial charge in [0.05, 0.1) is 17.7 Å². The van der Waals surface area contributed by atoms with Crippen LogP contribution in [0.1, 0.15) is 23.5 Å². The number of benzene rings is 2. The Morgan fingerprint density at radius 3 is 2.76 bits per heavy atom. The number of nitrogens with zero attached hydrogens (tertiary/aromatic N) is 1. The van der Waals surface area contributed by atoms with Crippen molar-refractivity contribution in [3.8, 4) is 23.3 Å². The van der Waals surface area contributed by atoms with Crippen molar-refractivity contribution in [2.75, 3.05) is 13.3 Å². The molecule has 4 rings (SSSR count). The molecule has 0 saturated carbocycles. The van der Waals surface area contributed by atoms with Gasteiger partial charge in [0.2, 0.25) is 12.7 Å². The zero-order valence-electron chi connectivity index (χ0n) is 15.2. The minimum Gasteiger partial charge on any atom is -0.508 e. The first kappa shape index (κ1) is 18.4. The van der Waals surface area contributed by atoms with E-state index in [-0.39, 0.29) is 36.5 Å². The highest BCUT2D eigenvalue weighted by Gasteiger charge is 2.28. The van der Waals surface area contributed by atoms with Gasteiger partial charge in [-0.1, -0.05) is 12.1 Å². The van der Waals surface area contributed by atoms with Crippen molar-refractivity contribution in [2.24, 2.45) is 0 Å². The minimum absolute atomic E-state index is 0.0175. The summed E-state index contributed by atoms with van der Waals surface area (Å²) >= 11 is 0. The van der Waals surface area contributed by atoms with Gasteiger partial charge >= 0.3 is 0 Å². The Morgan fingerprint density at radius 1 is 1.21 bits per heavy atom. The Bertz CT molecular complexity index is 1190. The summed E-state index contributed by atoms with van der Waals surface area (Å²) in [5.41, 5.74) is 0.653. The fourth-order valence-corrected chi connectivity index (χ4v) is 3.34. The molecule has 146 valence electrons. The van der Waals surface area contributed by atoms with Gasteiger partial charge in [-0.15, -0.1) is 0 Å². The molecule has 0 spiro atoms. The number of para-hydroxylation sites is 1. The molecule has 0 bridgehead atoms. The topological polar surface area (TPSA) is 122 Å². The molecule has 0 saturated heterocycles. The van der Waals surface area contributed by atoms with Crippen LogP contribution in [0.4, 0.5) is 0 Å². The largest absolute Gasteiger partial charge is 0.508 e. The van der Waals surface area contributed by atoms with Gasteiger partial charge in [-0.05, 0) is 18.2 Å². The normalized spacial score (nSPS) is 13.1. The fraction of sp³-hybridized carbons (Fsp3) is 0.190. The van der Waals surface area contributed by atoms with E-state index in [0.29, 0.717) is 28.0 Å². The van der Waals surface area contributed by atoms with Crippen LogP contribution in [-0.4, -0.2) is 24.4 Å². The quantitative estimate of drug-likeness (QED) is 0.639. The Morgan fingerprint density at radius 2 is 1.97 bits per heavy atom. The van der Waals surface area contributed by atoms with Gasteiger partial charge in [0.25, 0.3) is 0 Å². The molecule has 1 amide bonds. The lowest BCUT2D eigenvalue weighted by Crippen LogP contribution is -2.27. The molecule has 2 aromatic carbocycles. The summed E-state index contributed by atoms with van der Waals surface area (Å²) in [6.07, 6.45) is 1.13. The van der Waals surface area contributed by atoms with E-state index >= 15 is 0 Å². The maximum Gasteiger partial charge on any atom is 0.231 e. The number of carbonyl (C=O) groups excluding carboxylic acids is 1. The van der Waals surface area contributed by atoms with Gasteiger partial charge in [0, 0.05) is 29.5 Å². The molecular formula is C21H16N2O6.